The SMILES string of the molecule is CC(CCc1ccccc1)C[C@H](OC(=O)N1CCc2ccccc2C1)C(=O)O. The van der Waals surface area contributed by atoms with E-state index in [1.165, 1.54) is 11.1 Å². The molecule has 1 N–H and O–H groups in total. The number of carbonyl (C=O) groups excluding carboxylic acids is 1. The molecule has 1 heterocycles. The van der Waals surface area contributed by atoms with Gasteiger partial charge in [-0.2, -0.15) is 0 Å². The highest BCUT2D eigenvalue weighted by molar-refractivity contribution is 5.77. The highest BCUT2D eigenvalue weighted by atomic mass is 16.6. The van der Waals surface area contributed by atoms with Crippen LogP contribution in [0.4, 0.5) is 4.79 Å². The molecule has 28 heavy (non-hydrogen) atoms. The molecule has 2 aromatic carbocycles. The Morgan fingerprint density at radius 2 is 1.75 bits per heavy atom. The maximum atomic E-state index is 12.5. The lowest BCUT2D eigenvalue weighted by Crippen LogP contribution is -2.40. The van der Waals surface area contributed by atoms with Crippen molar-refractivity contribution in [2.45, 2.75) is 45.3 Å². The average molecular weight is 381 g/mol. The van der Waals surface area contributed by atoms with Crippen LogP contribution in [0.5, 0.6) is 0 Å². The number of nitrogens with zero attached hydrogens (tertiary/aromatic N) is 1. The van der Waals surface area contributed by atoms with Crippen LogP contribution in [0.15, 0.2) is 54.6 Å². The summed E-state index contributed by atoms with van der Waals surface area (Å²) in [5.74, 6) is -0.950. The van der Waals surface area contributed by atoms with Gasteiger partial charge < -0.3 is 14.7 Å². The zero-order valence-corrected chi connectivity index (χ0v) is 16.2. The van der Waals surface area contributed by atoms with E-state index in [-0.39, 0.29) is 5.92 Å². The molecule has 0 spiro atoms. The van der Waals surface area contributed by atoms with E-state index in [2.05, 4.69) is 18.2 Å². The Morgan fingerprint density at radius 1 is 1.07 bits per heavy atom. The fourth-order valence-electron chi connectivity index (χ4n) is 3.59. The van der Waals surface area contributed by atoms with E-state index in [0.29, 0.717) is 19.5 Å². The summed E-state index contributed by atoms with van der Waals surface area (Å²) in [5.41, 5.74) is 3.55. The molecule has 2 aromatic rings. The van der Waals surface area contributed by atoms with Gasteiger partial charge in [-0.3, -0.25) is 0 Å². The van der Waals surface area contributed by atoms with Gasteiger partial charge in [0.15, 0.2) is 0 Å². The number of fused-ring (bicyclic) bond motifs is 1. The van der Waals surface area contributed by atoms with Crippen molar-refractivity contribution < 1.29 is 19.4 Å². The smallest absolute Gasteiger partial charge is 0.410 e. The number of ether oxygens (including phenoxy) is 1. The van der Waals surface area contributed by atoms with E-state index in [1.807, 2.05) is 43.3 Å². The molecule has 1 aliphatic rings. The van der Waals surface area contributed by atoms with Gasteiger partial charge in [-0.1, -0.05) is 61.5 Å². The first-order chi connectivity index (χ1) is 13.5. The molecule has 0 bridgehead atoms. The highest BCUT2D eigenvalue weighted by Gasteiger charge is 2.29. The topological polar surface area (TPSA) is 66.8 Å². The van der Waals surface area contributed by atoms with Crippen molar-refractivity contribution in [1.82, 2.24) is 4.90 Å². The third-order valence-electron chi connectivity index (χ3n) is 5.29. The Morgan fingerprint density at radius 3 is 2.46 bits per heavy atom. The molecule has 1 aliphatic heterocycles. The number of carboxylic acid groups (broad SMARTS) is 1. The van der Waals surface area contributed by atoms with Crippen LogP contribution in [0.3, 0.4) is 0 Å². The molecule has 1 unspecified atom stereocenters. The van der Waals surface area contributed by atoms with Gasteiger partial charge in [-0.25, -0.2) is 9.59 Å². The molecule has 0 aliphatic carbocycles. The van der Waals surface area contributed by atoms with Crippen molar-refractivity contribution >= 4 is 12.1 Å². The van der Waals surface area contributed by atoms with Crippen LogP contribution in [0.25, 0.3) is 0 Å². The minimum absolute atomic E-state index is 0.135. The number of amides is 1. The molecular weight excluding hydrogens is 354 g/mol. The molecule has 0 aromatic heterocycles. The zero-order chi connectivity index (χ0) is 19.9. The lowest BCUT2D eigenvalue weighted by Gasteiger charge is -2.29. The summed E-state index contributed by atoms with van der Waals surface area (Å²) in [6.07, 6.45) is 1.15. The molecule has 0 fully saturated rings. The van der Waals surface area contributed by atoms with Gasteiger partial charge in [-0.05, 0) is 48.3 Å². The van der Waals surface area contributed by atoms with E-state index in [0.717, 1.165) is 24.8 Å². The Bertz CT molecular complexity index is 805. The molecule has 0 saturated heterocycles. The lowest BCUT2D eigenvalue weighted by atomic mass is 9.95. The van der Waals surface area contributed by atoms with Crippen molar-refractivity contribution in [2.24, 2.45) is 5.92 Å². The van der Waals surface area contributed by atoms with E-state index < -0.39 is 18.2 Å². The summed E-state index contributed by atoms with van der Waals surface area (Å²) in [4.78, 5) is 25.7. The van der Waals surface area contributed by atoms with Crippen LogP contribution < -0.4 is 0 Å². The van der Waals surface area contributed by atoms with E-state index in [4.69, 9.17) is 4.74 Å². The summed E-state index contributed by atoms with van der Waals surface area (Å²) in [5, 5.41) is 9.52. The molecule has 0 radical (unpaired) electrons. The molecule has 1 amide bonds. The summed E-state index contributed by atoms with van der Waals surface area (Å²) < 4.78 is 5.38. The first-order valence-corrected chi connectivity index (χ1v) is 9.82. The van der Waals surface area contributed by atoms with Crippen LogP contribution in [-0.4, -0.2) is 34.7 Å². The number of rotatable bonds is 7. The number of hydrogen-bond donors (Lipinski definition) is 1. The molecule has 2 atom stereocenters. The first-order valence-electron chi connectivity index (χ1n) is 9.82. The third-order valence-corrected chi connectivity index (χ3v) is 5.29. The van der Waals surface area contributed by atoms with Crippen LogP contribution in [0.2, 0.25) is 0 Å². The van der Waals surface area contributed by atoms with E-state index in [9.17, 15) is 14.7 Å². The predicted molar refractivity (Wildman–Crippen MR) is 107 cm³/mol. The minimum atomic E-state index is -1.12. The maximum absolute atomic E-state index is 12.5. The molecule has 148 valence electrons. The standard InChI is InChI=1S/C23H27NO4/c1-17(11-12-18-7-3-2-4-8-18)15-21(22(25)26)28-23(27)24-14-13-19-9-5-6-10-20(19)16-24/h2-10,17,21H,11-16H2,1H3,(H,25,26)/t17?,21-/m0/s1. The summed E-state index contributed by atoms with van der Waals surface area (Å²) in [7, 11) is 0. The predicted octanol–water partition coefficient (Wildman–Crippen LogP) is 4.29. The Hall–Kier alpha value is -2.82. The number of aliphatic carboxylic acids is 1. The van der Waals surface area contributed by atoms with Crippen molar-refractivity contribution in [3.8, 4) is 0 Å². The van der Waals surface area contributed by atoms with Gasteiger partial charge >= 0.3 is 12.1 Å². The fraction of sp³-hybridized carbons (Fsp3) is 0.391. The summed E-state index contributed by atoms with van der Waals surface area (Å²) in [6, 6.07) is 18.1. The normalized spacial score (nSPS) is 15.4. The third kappa shape index (κ3) is 5.35. The van der Waals surface area contributed by atoms with Gasteiger partial charge in [-0.15, -0.1) is 0 Å². The number of aryl methyl sites for hydroxylation is 1. The number of benzene rings is 2. The van der Waals surface area contributed by atoms with Crippen molar-refractivity contribution in [3.63, 3.8) is 0 Å². The van der Waals surface area contributed by atoms with Gasteiger partial charge in [0.25, 0.3) is 0 Å². The second-order valence-electron chi connectivity index (χ2n) is 7.52. The Balaban J connectivity index is 1.52. The molecule has 0 saturated carbocycles. The van der Waals surface area contributed by atoms with Crippen molar-refractivity contribution in [1.29, 1.82) is 0 Å². The molecule has 5 heteroatoms. The number of carboxylic acids is 1. The first kappa shape index (κ1) is 19.9. The second-order valence-corrected chi connectivity index (χ2v) is 7.52. The van der Waals surface area contributed by atoms with Gasteiger partial charge in [0.2, 0.25) is 6.10 Å². The largest absolute Gasteiger partial charge is 0.479 e. The van der Waals surface area contributed by atoms with Gasteiger partial charge in [0.05, 0.1) is 0 Å². The molecule has 5 nitrogen and oxygen atoms in total. The van der Waals surface area contributed by atoms with Crippen LogP contribution in [0, 0.1) is 5.92 Å². The van der Waals surface area contributed by atoms with Crippen LogP contribution in [0.1, 0.15) is 36.5 Å². The Kier molecular flexibility index (Phi) is 6.69. The van der Waals surface area contributed by atoms with Crippen LogP contribution >= 0.6 is 0 Å². The van der Waals surface area contributed by atoms with Crippen LogP contribution in [-0.2, 0) is 28.9 Å². The van der Waals surface area contributed by atoms with E-state index in [1.54, 1.807) is 4.90 Å². The van der Waals surface area contributed by atoms with E-state index >= 15 is 0 Å². The summed E-state index contributed by atoms with van der Waals surface area (Å²) >= 11 is 0. The quantitative estimate of drug-likeness (QED) is 0.777. The van der Waals surface area contributed by atoms with Gasteiger partial charge in [0.1, 0.15) is 0 Å². The molecule has 3 rings (SSSR count). The number of carbonyl (C=O) groups is 2. The lowest BCUT2D eigenvalue weighted by molar-refractivity contribution is -0.148. The van der Waals surface area contributed by atoms with Crippen molar-refractivity contribution in [2.75, 3.05) is 6.54 Å². The number of hydrogen-bond acceptors (Lipinski definition) is 3. The monoisotopic (exact) mass is 381 g/mol. The fourth-order valence-corrected chi connectivity index (χ4v) is 3.59. The summed E-state index contributed by atoms with van der Waals surface area (Å²) in [6.45, 7) is 3.01. The Labute approximate surface area is 165 Å². The zero-order valence-electron chi connectivity index (χ0n) is 16.2. The van der Waals surface area contributed by atoms with Gasteiger partial charge in [0, 0.05) is 13.1 Å². The van der Waals surface area contributed by atoms with Crippen molar-refractivity contribution in [3.05, 3.63) is 71.3 Å². The molecular formula is C23H27NO4. The minimum Gasteiger partial charge on any atom is -0.479 e. The highest BCUT2D eigenvalue weighted by Crippen LogP contribution is 2.21. The maximum Gasteiger partial charge on any atom is 0.410 e. The average Bonchev–Trinajstić information content (AvgIpc) is 2.72. The second kappa shape index (κ2) is 9.40.